The van der Waals surface area contributed by atoms with Gasteiger partial charge in [-0.2, -0.15) is 0 Å². The molecular formula is C17H20Cl2N4O. The number of pyridine rings is 1. The minimum Gasteiger partial charge on any atom is -0.508 e. The van der Waals surface area contributed by atoms with Gasteiger partial charge in [-0.15, -0.1) is 0 Å². The maximum absolute atomic E-state index is 10.1. The second-order valence-corrected chi connectivity index (χ2v) is 6.94. The summed E-state index contributed by atoms with van der Waals surface area (Å²) in [5.74, 6) is 1.28. The molecule has 0 bridgehead atoms. The fraction of sp³-hybridized carbons (Fsp3) is 0.353. The predicted molar refractivity (Wildman–Crippen MR) is 98.6 cm³/mol. The van der Waals surface area contributed by atoms with Gasteiger partial charge in [0.25, 0.3) is 0 Å². The van der Waals surface area contributed by atoms with E-state index >= 15 is 0 Å². The third-order valence-corrected chi connectivity index (χ3v) is 5.29. The lowest BCUT2D eigenvalue weighted by Gasteiger charge is -2.35. The highest BCUT2D eigenvalue weighted by Crippen LogP contribution is 2.38. The minimum absolute atomic E-state index is 0.0968. The quantitative estimate of drug-likeness (QED) is 0.772. The van der Waals surface area contributed by atoms with Gasteiger partial charge < -0.3 is 21.5 Å². The van der Waals surface area contributed by atoms with Crippen molar-refractivity contribution in [1.82, 2.24) is 4.98 Å². The number of nitrogens with two attached hydrogens (primary N) is 2. The number of anilines is 2. The molecule has 1 unspecified atom stereocenters. The first-order valence-electron chi connectivity index (χ1n) is 7.85. The van der Waals surface area contributed by atoms with E-state index in [0.717, 1.165) is 31.7 Å². The van der Waals surface area contributed by atoms with Crippen LogP contribution in [-0.4, -0.2) is 23.2 Å². The fourth-order valence-corrected chi connectivity index (χ4v) is 3.47. The average Bonchev–Trinajstić information content (AvgIpc) is 2.58. The highest BCUT2D eigenvalue weighted by molar-refractivity contribution is 6.42. The Morgan fingerprint density at radius 3 is 2.46 bits per heavy atom. The second kappa shape index (κ2) is 7.05. The number of nitrogens with zero attached hydrogens (tertiary/aromatic N) is 2. The summed E-state index contributed by atoms with van der Waals surface area (Å²) in [5, 5.41) is 10.9. The van der Waals surface area contributed by atoms with Crippen molar-refractivity contribution in [3.63, 3.8) is 0 Å². The van der Waals surface area contributed by atoms with Crippen LogP contribution >= 0.6 is 23.2 Å². The molecule has 0 saturated carbocycles. The molecule has 0 amide bonds. The molecular weight excluding hydrogens is 347 g/mol. The highest BCUT2D eigenvalue weighted by Gasteiger charge is 2.27. The largest absolute Gasteiger partial charge is 0.508 e. The van der Waals surface area contributed by atoms with Gasteiger partial charge in [0.2, 0.25) is 0 Å². The van der Waals surface area contributed by atoms with Gasteiger partial charge in [0.1, 0.15) is 11.6 Å². The molecule has 3 rings (SSSR count). The van der Waals surface area contributed by atoms with Crippen LogP contribution in [0.1, 0.15) is 24.4 Å². The molecule has 24 heavy (non-hydrogen) atoms. The lowest BCUT2D eigenvalue weighted by molar-refractivity contribution is 0.336. The minimum atomic E-state index is -0.277. The number of phenolic OH excluding ortho intramolecular Hbond substituents is 1. The zero-order chi connectivity index (χ0) is 17.3. The molecule has 5 N–H and O–H groups in total. The van der Waals surface area contributed by atoms with E-state index in [-0.39, 0.29) is 17.7 Å². The first kappa shape index (κ1) is 17.1. The Hall–Kier alpha value is -1.69. The molecule has 128 valence electrons. The van der Waals surface area contributed by atoms with Crippen LogP contribution in [0.3, 0.4) is 0 Å². The molecule has 5 nitrogen and oxygen atoms in total. The molecule has 1 aliphatic rings. The fourth-order valence-electron chi connectivity index (χ4n) is 3.14. The van der Waals surface area contributed by atoms with Gasteiger partial charge in [0, 0.05) is 30.8 Å². The number of hydrogen-bond acceptors (Lipinski definition) is 5. The van der Waals surface area contributed by atoms with Crippen LogP contribution in [0.5, 0.6) is 5.75 Å². The van der Waals surface area contributed by atoms with Crippen molar-refractivity contribution in [3.05, 3.63) is 46.1 Å². The van der Waals surface area contributed by atoms with E-state index in [9.17, 15) is 5.11 Å². The Morgan fingerprint density at radius 1 is 1.17 bits per heavy atom. The summed E-state index contributed by atoms with van der Waals surface area (Å²) >= 11 is 12.0. The Morgan fingerprint density at radius 2 is 1.83 bits per heavy atom. The topological polar surface area (TPSA) is 88.4 Å². The first-order valence-corrected chi connectivity index (χ1v) is 8.61. The van der Waals surface area contributed by atoms with Crippen molar-refractivity contribution in [2.45, 2.75) is 18.9 Å². The SMILES string of the molecule is Nc1ccc(N2CCC(C(N)c3cc(Cl)c(Cl)cc3O)CC2)nc1. The van der Waals surface area contributed by atoms with Crippen molar-refractivity contribution in [2.75, 3.05) is 23.7 Å². The highest BCUT2D eigenvalue weighted by atomic mass is 35.5. The molecule has 1 atom stereocenters. The van der Waals surface area contributed by atoms with E-state index in [4.69, 9.17) is 34.7 Å². The lowest BCUT2D eigenvalue weighted by atomic mass is 9.85. The molecule has 1 aromatic heterocycles. The number of aromatic hydroxyl groups is 1. The van der Waals surface area contributed by atoms with Gasteiger partial charge in [0.15, 0.2) is 0 Å². The van der Waals surface area contributed by atoms with Crippen LogP contribution in [-0.2, 0) is 0 Å². The normalized spacial score (nSPS) is 17.0. The molecule has 0 spiro atoms. The zero-order valence-corrected chi connectivity index (χ0v) is 14.6. The maximum Gasteiger partial charge on any atom is 0.128 e. The number of phenols is 1. The molecule has 1 saturated heterocycles. The Kier molecular flexibility index (Phi) is 5.04. The molecule has 1 aromatic carbocycles. The first-order chi connectivity index (χ1) is 11.5. The van der Waals surface area contributed by atoms with Crippen LogP contribution in [0.25, 0.3) is 0 Å². The van der Waals surface area contributed by atoms with Gasteiger partial charge in [-0.05, 0) is 37.0 Å². The molecule has 0 aliphatic carbocycles. The number of rotatable bonds is 3. The molecule has 1 fully saturated rings. The van der Waals surface area contributed by atoms with Crippen molar-refractivity contribution < 1.29 is 5.11 Å². The Labute approximate surface area is 151 Å². The van der Waals surface area contributed by atoms with Crippen molar-refractivity contribution >= 4 is 34.7 Å². The number of halogens is 2. The summed E-state index contributed by atoms with van der Waals surface area (Å²) in [6, 6.07) is 6.62. The monoisotopic (exact) mass is 366 g/mol. The number of aromatic nitrogens is 1. The van der Waals surface area contributed by atoms with Crippen molar-refractivity contribution in [1.29, 1.82) is 0 Å². The summed E-state index contributed by atoms with van der Waals surface area (Å²) in [6.07, 6.45) is 3.49. The van der Waals surface area contributed by atoms with Gasteiger partial charge >= 0.3 is 0 Å². The third kappa shape index (κ3) is 3.53. The Bertz CT molecular complexity index is 715. The summed E-state index contributed by atoms with van der Waals surface area (Å²) in [5.41, 5.74) is 13.4. The number of nitrogen functional groups attached to an aromatic ring is 1. The smallest absolute Gasteiger partial charge is 0.128 e. The summed E-state index contributed by atoms with van der Waals surface area (Å²) < 4.78 is 0. The predicted octanol–water partition coefficient (Wildman–Crippen LogP) is 3.59. The number of benzene rings is 1. The van der Waals surface area contributed by atoms with E-state index < -0.39 is 0 Å². The van der Waals surface area contributed by atoms with Crippen molar-refractivity contribution in [2.24, 2.45) is 11.7 Å². The van der Waals surface area contributed by atoms with E-state index in [0.29, 0.717) is 21.3 Å². The van der Waals surface area contributed by atoms with Crippen LogP contribution in [0, 0.1) is 5.92 Å². The molecule has 2 aromatic rings. The van der Waals surface area contributed by atoms with E-state index in [1.165, 1.54) is 6.07 Å². The summed E-state index contributed by atoms with van der Waals surface area (Å²) in [7, 11) is 0. The lowest BCUT2D eigenvalue weighted by Crippen LogP contribution is -2.38. The number of piperidine rings is 1. The molecule has 1 aliphatic heterocycles. The Balaban J connectivity index is 1.68. The van der Waals surface area contributed by atoms with Crippen LogP contribution in [0.4, 0.5) is 11.5 Å². The summed E-state index contributed by atoms with van der Waals surface area (Å²) in [6.45, 7) is 1.72. The van der Waals surface area contributed by atoms with E-state index in [1.807, 2.05) is 12.1 Å². The van der Waals surface area contributed by atoms with Crippen LogP contribution in [0.2, 0.25) is 10.0 Å². The summed E-state index contributed by atoms with van der Waals surface area (Å²) in [4.78, 5) is 6.58. The van der Waals surface area contributed by atoms with Gasteiger partial charge in [0.05, 0.1) is 21.9 Å². The van der Waals surface area contributed by atoms with Gasteiger partial charge in [-0.1, -0.05) is 23.2 Å². The third-order valence-electron chi connectivity index (χ3n) is 4.57. The van der Waals surface area contributed by atoms with Crippen LogP contribution in [0.15, 0.2) is 30.5 Å². The standard InChI is InChI=1S/C17H20Cl2N4O/c18-13-7-12(15(24)8-14(13)19)17(21)10-3-5-23(6-4-10)16-2-1-11(20)9-22-16/h1-2,7-10,17,24H,3-6,20-21H2. The van der Waals surface area contributed by atoms with E-state index in [1.54, 1.807) is 12.3 Å². The van der Waals surface area contributed by atoms with Crippen LogP contribution < -0.4 is 16.4 Å². The van der Waals surface area contributed by atoms with Gasteiger partial charge in [-0.3, -0.25) is 0 Å². The number of hydrogen-bond donors (Lipinski definition) is 3. The van der Waals surface area contributed by atoms with Crippen molar-refractivity contribution in [3.8, 4) is 5.75 Å². The van der Waals surface area contributed by atoms with Gasteiger partial charge in [-0.25, -0.2) is 4.98 Å². The second-order valence-electron chi connectivity index (χ2n) is 6.13. The van der Waals surface area contributed by atoms with E-state index in [2.05, 4.69) is 9.88 Å². The molecule has 7 heteroatoms. The molecule has 0 radical (unpaired) electrons. The molecule has 2 heterocycles. The maximum atomic E-state index is 10.1. The average molecular weight is 367 g/mol. The zero-order valence-electron chi connectivity index (χ0n) is 13.1.